The maximum Gasteiger partial charge on any atom is 0.251 e. The average molecular weight is 529 g/mol. The molecule has 4 aromatic rings. The number of amides is 1. The van der Waals surface area contributed by atoms with Crippen molar-refractivity contribution in [2.24, 2.45) is 0 Å². The number of carbonyl (C=O) groups is 1. The monoisotopic (exact) mass is 528 g/mol. The fourth-order valence-electron chi connectivity index (χ4n) is 3.40. The summed E-state index contributed by atoms with van der Waals surface area (Å²) in [7, 11) is 0. The largest absolute Gasteiger partial charge is 0.377 e. The standard InChI is InChI=1S/C28H32N8O3/c37-25(22-9-3-1-4-10-22)30-15-17-38-19-20-39-18-16-31-26-34-27(32-21-24-13-7-8-14-29-24)36-28(35-26)33-23-11-5-2-6-12-23/h1-14H,15-21H2,(H,30,37)(H3,31,32,33,34,35,36). The number of hydrogen-bond acceptors (Lipinski definition) is 10. The highest BCUT2D eigenvalue weighted by atomic mass is 16.5. The Kier molecular flexibility index (Phi) is 11.0. The molecule has 0 spiro atoms. The van der Waals surface area contributed by atoms with Crippen molar-refractivity contribution in [1.29, 1.82) is 0 Å². The molecule has 0 saturated carbocycles. The van der Waals surface area contributed by atoms with Gasteiger partial charge in [0.25, 0.3) is 5.91 Å². The van der Waals surface area contributed by atoms with Crippen molar-refractivity contribution in [3.8, 4) is 0 Å². The van der Waals surface area contributed by atoms with E-state index in [0.29, 0.717) is 69.5 Å². The number of carbonyl (C=O) groups excluding carboxylic acids is 1. The van der Waals surface area contributed by atoms with Crippen molar-refractivity contribution in [2.75, 3.05) is 55.5 Å². The number of nitrogens with zero attached hydrogens (tertiary/aromatic N) is 4. The predicted molar refractivity (Wildman–Crippen MR) is 150 cm³/mol. The number of aromatic nitrogens is 4. The lowest BCUT2D eigenvalue weighted by Gasteiger charge is -2.12. The molecule has 2 heterocycles. The van der Waals surface area contributed by atoms with Crippen molar-refractivity contribution >= 4 is 29.4 Å². The van der Waals surface area contributed by atoms with Crippen LogP contribution in [0.2, 0.25) is 0 Å². The van der Waals surface area contributed by atoms with Gasteiger partial charge in [-0.1, -0.05) is 42.5 Å². The van der Waals surface area contributed by atoms with Crippen LogP contribution in [0.5, 0.6) is 0 Å². The van der Waals surface area contributed by atoms with Crippen LogP contribution < -0.4 is 21.3 Å². The molecule has 11 nitrogen and oxygen atoms in total. The molecule has 4 rings (SSSR count). The Labute approximate surface area is 227 Å². The number of nitrogens with one attached hydrogen (secondary N) is 4. The second-order valence-corrected chi connectivity index (χ2v) is 8.25. The normalized spacial score (nSPS) is 10.6. The van der Waals surface area contributed by atoms with E-state index in [-0.39, 0.29) is 5.91 Å². The molecule has 4 N–H and O–H groups in total. The lowest BCUT2D eigenvalue weighted by molar-refractivity contribution is 0.0519. The van der Waals surface area contributed by atoms with Crippen molar-refractivity contribution in [2.45, 2.75) is 6.54 Å². The van der Waals surface area contributed by atoms with Crippen LogP contribution in [0.4, 0.5) is 23.5 Å². The Morgan fingerprint density at radius 2 is 1.31 bits per heavy atom. The second kappa shape index (κ2) is 15.6. The predicted octanol–water partition coefficient (Wildman–Crippen LogP) is 3.50. The lowest BCUT2D eigenvalue weighted by atomic mass is 10.2. The van der Waals surface area contributed by atoms with Gasteiger partial charge in [0.05, 0.1) is 38.7 Å². The molecule has 0 radical (unpaired) electrons. The summed E-state index contributed by atoms with van der Waals surface area (Å²) < 4.78 is 11.1. The van der Waals surface area contributed by atoms with Gasteiger partial charge >= 0.3 is 0 Å². The number of ether oxygens (including phenoxy) is 2. The maximum atomic E-state index is 12.0. The Hall–Kier alpha value is -4.61. The zero-order valence-electron chi connectivity index (χ0n) is 21.5. The van der Waals surface area contributed by atoms with Crippen LogP contribution >= 0.6 is 0 Å². The summed E-state index contributed by atoms with van der Waals surface area (Å²) >= 11 is 0. The van der Waals surface area contributed by atoms with E-state index >= 15 is 0 Å². The van der Waals surface area contributed by atoms with Crippen molar-refractivity contribution in [3.63, 3.8) is 0 Å². The van der Waals surface area contributed by atoms with Gasteiger partial charge in [0.1, 0.15) is 0 Å². The lowest BCUT2D eigenvalue weighted by Crippen LogP contribution is -2.27. The van der Waals surface area contributed by atoms with E-state index in [0.717, 1.165) is 11.4 Å². The first-order chi connectivity index (χ1) is 19.3. The first kappa shape index (κ1) is 27.4. The zero-order valence-corrected chi connectivity index (χ0v) is 21.5. The van der Waals surface area contributed by atoms with Crippen molar-refractivity contribution in [1.82, 2.24) is 25.3 Å². The van der Waals surface area contributed by atoms with E-state index in [1.165, 1.54) is 0 Å². The first-order valence-corrected chi connectivity index (χ1v) is 12.7. The molecule has 0 bridgehead atoms. The quantitative estimate of drug-likeness (QED) is 0.160. The van der Waals surface area contributed by atoms with Gasteiger partial charge in [-0.2, -0.15) is 15.0 Å². The Bertz CT molecular complexity index is 1260. The van der Waals surface area contributed by atoms with E-state index < -0.39 is 0 Å². The molecular weight excluding hydrogens is 496 g/mol. The van der Waals surface area contributed by atoms with Crippen LogP contribution in [0.15, 0.2) is 85.1 Å². The number of pyridine rings is 1. The third-order valence-corrected chi connectivity index (χ3v) is 5.29. The fraction of sp³-hybridized carbons (Fsp3) is 0.250. The molecule has 39 heavy (non-hydrogen) atoms. The van der Waals surface area contributed by atoms with Gasteiger partial charge in [-0.3, -0.25) is 9.78 Å². The van der Waals surface area contributed by atoms with Crippen molar-refractivity contribution < 1.29 is 14.3 Å². The first-order valence-electron chi connectivity index (χ1n) is 12.7. The van der Waals surface area contributed by atoms with Gasteiger partial charge in [0.15, 0.2) is 0 Å². The minimum Gasteiger partial charge on any atom is -0.377 e. The van der Waals surface area contributed by atoms with Gasteiger partial charge in [-0.15, -0.1) is 0 Å². The third-order valence-electron chi connectivity index (χ3n) is 5.29. The summed E-state index contributed by atoms with van der Waals surface area (Å²) in [4.78, 5) is 29.7. The van der Waals surface area contributed by atoms with Crippen LogP contribution in [0.25, 0.3) is 0 Å². The average Bonchev–Trinajstić information content (AvgIpc) is 2.98. The van der Waals surface area contributed by atoms with Crippen LogP contribution in [0, 0.1) is 0 Å². The second-order valence-electron chi connectivity index (χ2n) is 8.25. The highest BCUT2D eigenvalue weighted by Crippen LogP contribution is 2.15. The maximum absolute atomic E-state index is 12.0. The van der Waals surface area contributed by atoms with Gasteiger partial charge < -0.3 is 30.7 Å². The minimum atomic E-state index is -0.114. The van der Waals surface area contributed by atoms with Crippen molar-refractivity contribution in [3.05, 3.63) is 96.3 Å². The molecular formula is C28H32N8O3. The van der Waals surface area contributed by atoms with Crippen LogP contribution in [0.1, 0.15) is 16.1 Å². The Morgan fingerprint density at radius 3 is 2.03 bits per heavy atom. The Morgan fingerprint density at radius 1 is 0.667 bits per heavy atom. The van der Waals surface area contributed by atoms with Crippen LogP contribution in [-0.4, -0.2) is 65.4 Å². The highest BCUT2D eigenvalue weighted by Gasteiger charge is 2.08. The third kappa shape index (κ3) is 9.99. The Balaban J connectivity index is 1.16. The molecule has 0 atom stereocenters. The molecule has 0 aliphatic rings. The van der Waals surface area contributed by atoms with Crippen LogP contribution in [-0.2, 0) is 16.0 Å². The number of benzene rings is 2. The molecule has 202 valence electrons. The summed E-state index contributed by atoms with van der Waals surface area (Å²) in [5, 5.41) is 12.4. The molecule has 0 aliphatic heterocycles. The summed E-state index contributed by atoms with van der Waals surface area (Å²) in [6, 6.07) is 24.5. The molecule has 0 fully saturated rings. The molecule has 2 aromatic heterocycles. The van der Waals surface area contributed by atoms with E-state index in [9.17, 15) is 4.79 Å². The summed E-state index contributed by atoms with van der Waals surface area (Å²) in [6.45, 7) is 3.14. The smallest absolute Gasteiger partial charge is 0.251 e. The molecule has 11 heteroatoms. The van der Waals surface area contributed by atoms with Gasteiger partial charge in [0, 0.05) is 30.5 Å². The van der Waals surface area contributed by atoms with E-state index in [1.54, 1.807) is 18.3 Å². The summed E-state index contributed by atoms with van der Waals surface area (Å²) in [5.41, 5.74) is 2.37. The molecule has 2 aromatic carbocycles. The fourth-order valence-corrected chi connectivity index (χ4v) is 3.40. The van der Waals surface area contributed by atoms with Gasteiger partial charge in [-0.25, -0.2) is 0 Å². The van der Waals surface area contributed by atoms with Gasteiger partial charge in [0.2, 0.25) is 17.8 Å². The van der Waals surface area contributed by atoms with Crippen LogP contribution in [0.3, 0.4) is 0 Å². The molecule has 0 unspecified atom stereocenters. The zero-order chi connectivity index (χ0) is 27.0. The SMILES string of the molecule is O=C(NCCOCCOCCNc1nc(NCc2ccccn2)nc(Nc2ccccc2)n1)c1ccccc1. The number of para-hydroxylation sites is 1. The van der Waals surface area contributed by atoms with E-state index in [4.69, 9.17) is 9.47 Å². The molecule has 0 saturated heterocycles. The summed E-state index contributed by atoms with van der Waals surface area (Å²) in [5.74, 6) is 1.14. The van der Waals surface area contributed by atoms with E-state index in [2.05, 4.69) is 41.2 Å². The molecule has 1 amide bonds. The molecule has 0 aliphatic carbocycles. The highest BCUT2D eigenvalue weighted by molar-refractivity contribution is 5.94. The number of hydrogen-bond donors (Lipinski definition) is 4. The number of anilines is 4. The minimum absolute atomic E-state index is 0.114. The topological polar surface area (TPSA) is 135 Å². The van der Waals surface area contributed by atoms with Gasteiger partial charge in [-0.05, 0) is 36.4 Å². The number of rotatable bonds is 16. The summed E-state index contributed by atoms with van der Waals surface area (Å²) in [6.07, 6.45) is 1.74. The van der Waals surface area contributed by atoms with E-state index in [1.807, 2.05) is 66.7 Å².